The van der Waals surface area contributed by atoms with Crippen molar-refractivity contribution in [2.75, 3.05) is 13.2 Å². The van der Waals surface area contributed by atoms with E-state index in [0.29, 0.717) is 11.3 Å². The van der Waals surface area contributed by atoms with E-state index < -0.39 is 5.63 Å². The first-order valence-corrected chi connectivity index (χ1v) is 8.51. The highest BCUT2D eigenvalue weighted by Gasteiger charge is 2.18. The molecule has 1 amide bonds. The molecule has 5 heteroatoms. The van der Waals surface area contributed by atoms with Crippen molar-refractivity contribution in [2.45, 2.75) is 46.1 Å². The molecule has 1 aromatic carbocycles. The van der Waals surface area contributed by atoms with Gasteiger partial charge in [-0.15, -0.1) is 0 Å². The molecule has 1 unspecified atom stereocenters. The number of benzene rings is 1. The summed E-state index contributed by atoms with van der Waals surface area (Å²) in [6.45, 7) is 6.97. The van der Waals surface area contributed by atoms with Crippen LogP contribution in [0, 0.1) is 0 Å². The van der Waals surface area contributed by atoms with Crippen LogP contribution in [0.3, 0.4) is 0 Å². The zero-order valence-corrected chi connectivity index (χ0v) is 14.6. The van der Waals surface area contributed by atoms with E-state index in [4.69, 9.17) is 9.15 Å². The monoisotopic (exact) mass is 331 g/mol. The summed E-state index contributed by atoms with van der Waals surface area (Å²) in [5.41, 5.74) is 0.0513. The van der Waals surface area contributed by atoms with Gasteiger partial charge in [-0.2, -0.15) is 0 Å². The minimum absolute atomic E-state index is 0.0172. The summed E-state index contributed by atoms with van der Waals surface area (Å²) in [6, 6.07) is 8.50. The zero-order valence-electron chi connectivity index (χ0n) is 14.6. The van der Waals surface area contributed by atoms with Crippen LogP contribution in [-0.4, -0.2) is 30.0 Å². The Morgan fingerprint density at radius 3 is 2.71 bits per heavy atom. The third-order valence-electron chi connectivity index (χ3n) is 4.15. The van der Waals surface area contributed by atoms with Crippen molar-refractivity contribution in [3.63, 3.8) is 0 Å². The Morgan fingerprint density at radius 1 is 1.25 bits per heavy atom. The first-order valence-electron chi connectivity index (χ1n) is 8.51. The molecule has 2 aromatic rings. The minimum atomic E-state index is -0.404. The normalized spacial score (nSPS) is 12.1. The van der Waals surface area contributed by atoms with Gasteiger partial charge in [-0.3, -0.25) is 4.79 Å². The zero-order chi connectivity index (χ0) is 17.5. The van der Waals surface area contributed by atoms with Crippen LogP contribution < -0.4 is 10.4 Å². The van der Waals surface area contributed by atoms with E-state index >= 15 is 0 Å². The van der Waals surface area contributed by atoms with E-state index in [0.717, 1.165) is 31.2 Å². The van der Waals surface area contributed by atoms with Gasteiger partial charge in [-0.05, 0) is 38.0 Å². The van der Waals surface area contributed by atoms with Gasteiger partial charge in [-0.25, -0.2) is 4.79 Å². The fourth-order valence-corrected chi connectivity index (χ4v) is 2.50. The molecule has 1 atom stereocenters. The number of nitrogens with zero attached hydrogens (tertiary/aromatic N) is 1. The number of rotatable bonds is 8. The molecule has 0 N–H and O–H groups in total. The van der Waals surface area contributed by atoms with Gasteiger partial charge in [0, 0.05) is 30.1 Å². The molecule has 0 aliphatic rings. The summed E-state index contributed by atoms with van der Waals surface area (Å²) >= 11 is 0. The van der Waals surface area contributed by atoms with Crippen LogP contribution in [0.4, 0.5) is 0 Å². The average Bonchev–Trinajstić information content (AvgIpc) is 2.59. The van der Waals surface area contributed by atoms with Gasteiger partial charge in [0.05, 0.1) is 0 Å². The number of ether oxygens (including phenoxy) is 1. The molecule has 0 saturated carbocycles. The maximum Gasteiger partial charge on any atom is 0.336 e. The Kier molecular flexibility index (Phi) is 6.41. The second kappa shape index (κ2) is 8.52. The fraction of sp³-hybridized carbons (Fsp3) is 0.474. The van der Waals surface area contributed by atoms with Crippen molar-refractivity contribution in [3.8, 4) is 5.75 Å². The lowest BCUT2D eigenvalue weighted by atomic mass is 10.2. The van der Waals surface area contributed by atoms with Crippen molar-refractivity contribution in [1.82, 2.24) is 4.90 Å². The molecule has 0 aliphatic carbocycles. The summed E-state index contributed by atoms with van der Waals surface area (Å²) in [5.74, 6) is 0.497. The highest BCUT2D eigenvalue weighted by molar-refractivity contribution is 5.79. The van der Waals surface area contributed by atoms with Crippen molar-refractivity contribution >= 4 is 16.9 Å². The number of carbonyl (C=O) groups excluding carboxylic acids is 1. The van der Waals surface area contributed by atoms with E-state index in [-0.39, 0.29) is 18.6 Å². The molecule has 0 aliphatic heterocycles. The number of hydrogen-bond acceptors (Lipinski definition) is 4. The van der Waals surface area contributed by atoms with Crippen molar-refractivity contribution in [2.24, 2.45) is 0 Å². The Labute approximate surface area is 142 Å². The van der Waals surface area contributed by atoms with Gasteiger partial charge in [0.25, 0.3) is 5.91 Å². The first kappa shape index (κ1) is 18.0. The second-order valence-corrected chi connectivity index (χ2v) is 5.94. The van der Waals surface area contributed by atoms with E-state index in [1.807, 2.05) is 11.0 Å². The molecule has 0 bridgehead atoms. The molecule has 1 heterocycles. The lowest BCUT2D eigenvalue weighted by molar-refractivity contribution is -0.135. The summed E-state index contributed by atoms with van der Waals surface area (Å²) in [5, 5.41) is 0.817. The number of carbonyl (C=O) groups is 1. The minimum Gasteiger partial charge on any atom is -0.484 e. The molecule has 0 fully saturated rings. The molecule has 1 aromatic heterocycles. The van der Waals surface area contributed by atoms with Gasteiger partial charge in [0.2, 0.25) is 0 Å². The Morgan fingerprint density at radius 2 is 2.00 bits per heavy atom. The van der Waals surface area contributed by atoms with Crippen LogP contribution in [0.1, 0.15) is 40.0 Å². The van der Waals surface area contributed by atoms with E-state index in [2.05, 4.69) is 20.8 Å². The Hall–Kier alpha value is -2.30. The predicted octanol–water partition coefficient (Wildman–Crippen LogP) is 3.60. The van der Waals surface area contributed by atoms with Crippen molar-refractivity contribution in [1.29, 1.82) is 0 Å². The summed E-state index contributed by atoms with van der Waals surface area (Å²) < 4.78 is 10.8. The van der Waals surface area contributed by atoms with Gasteiger partial charge in [0.15, 0.2) is 6.61 Å². The summed E-state index contributed by atoms with van der Waals surface area (Å²) in [7, 11) is 0. The van der Waals surface area contributed by atoms with Crippen LogP contribution >= 0.6 is 0 Å². The van der Waals surface area contributed by atoms with Crippen LogP contribution in [0.2, 0.25) is 0 Å². The molecule has 2 rings (SSSR count). The Balaban J connectivity index is 2.05. The predicted molar refractivity (Wildman–Crippen MR) is 94.4 cm³/mol. The highest BCUT2D eigenvalue weighted by Crippen LogP contribution is 2.19. The maximum absolute atomic E-state index is 12.5. The molecule has 5 nitrogen and oxygen atoms in total. The van der Waals surface area contributed by atoms with Crippen LogP contribution in [0.25, 0.3) is 11.0 Å². The largest absolute Gasteiger partial charge is 0.484 e. The quantitative estimate of drug-likeness (QED) is 0.694. The lowest BCUT2D eigenvalue weighted by Gasteiger charge is -2.28. The summed E-state index contributed by atoms with van der Waals surface area (Å²) in [4.78, 5) is 25.6. The SMILES string of the molecule is CCCCN(C(=O)COc1ccc2ccc(=O)oc2c1)C(C)CC. The smallest absolute Gasteiger partial charge is 0.336 e. The van der Waals surface area contributed by atoms with Gasteiger partial charge in [-0.1, -0.05) is 20.3 Å². The standard InChI is InChI=1S/C19H25NO4/c1-4-6-11-20(14(3)5-2)18(21)13-23-16-9-7-15-8-10-19(22)24-17(15)12-16/h7-10,12,14H,4-6,11,13H2,1-3H3. The molecule has 0 radical (unpaired) electrons. The van der Waals surface area contributed by atoms with E-state index in [1.165, 1.54) is 6.07 Å². The van der Waals surface area contributed by atoms with Crippen molar-refractivity contribution in [3.05, 3.63) is 40.8 Å². The molecular weight excluding hydrogens is 306 g/mol. The van der Waals surface area contributed by atoms with E-state index in [1.54, 1.807) is 18.2 Å². The van der Waals surface area contributed by atoms with Crippen LogP contribution in [0.15, 0.2) is 39.5 Å². The van der Waals surface area contributed by atoms with E-state index in [9.17, 15) is 9.59 Å². The van der Waals surface area contributed by atoms with Crippen LogP contribution in [0.5, 0.6) is 5.75 Å². The second-order valence-electron chi connectivity index (χ2n) is 5.94. The highest BCUT2D eigenvalue weighted by atomic mass is 16.5. The number of hydrogen-bond donors (Lipinski definition) is 0. The van der Waals surface area contributed by atoms with Crippen molar-refractivity contribution < 1.29 is 13.9 Å². The molecule has 0 spiro atoms. The third kappa shape index (κ3) is 4.60. The Bertz CT molecular complexity index is 737. The molecule has 0 saturated heterocycles. The molecule has 24 heavy (non-hydrogen) atoms. The topological polar surface area (TPSA) is 59.8 Å². The third-order valence-corrected chi connectivity index (χ3v) is 4.15. The molecular formula is C19H25NO4. The number of amides is 1. The average molecular weight is 331 g/mol. The summed E-state index contributed by atoms with van der Waals surface area (Å²) in [6.07, 6.45) is 2.94. The van der Waals surface area contributed by atoms with Gasteiger partial charge in [0.1, 0.15) is 11.3 Å². The van der Waals surface area contributed by atoms with Gasteiger partial charge >= 0.3 is 5.63 Å². The number of unbranched alkanes of at least 4 members (excludes halogenated alkanes) is 1. The lowest BCUT2D eigenvalue weighted by Crippen LogP contribution is -2.41. The maximum atomic E-state index is 12.5. The van der Waals surface area contributed by atoms with Gasteiger partial charge < -0.3 is 14.1 Å². The number of fused-ring (bicyclic) bond motifs is 1. The van der Waals surface area contributed by atoms with Crippen LogP contribution in [-0.2, 0) is 4.79 Å². The fourth-order valence-electron chi connectivity index (χ4n) is 2.50. The molecule has 130 valence electrons. The first-order chi connectivity index (χ1) is 11.5.